The van der Waals surface area contributed by atoms with Crippen molar-refractivity contribution < 1.29 is 9.59 Å². The van der Waals surface area contributed by atoms with E-state index in [1.165, 1.54) is 6.92 Å². The number of hydrogen-bond donors (Lipinski definition) is 0. The van der Waals surface area contributed by atoms with Crippen LogP contribution in [0.2, 0.25) is 5.02 Å². The van der Waals surface area contributed by atoms with Crippen LogP contribution >= 0.6 is 11.6 Å². The monoisotopic (exact) mass is 306 g/mol. The first-order valence-corrected chi connectivity index (χ1v) is 7.42. The van der Waals surface area contributed by atoms with Gasteiger partial charge in [0.2, 0.25) is 5.91 Å². The summed E-state index contributed by atoms with van der Waals surface area (Å²) in [6.45, 7) is 7.00. The third-order valence-electron chi connectivity index (χ3n) is 3.65. The van der Waals surface area contributed by atoms with Gasteiger partial charge in [-0.15, -0.1) is 0 Å². The fourth-order valence-corrected chi connectivity index (χ4v) is 2.66. The summed E-state index contributed by atoms with van der Waals surface area (Å²) in [4.78, 5) is 25.8. The molecule has 0 atom stereocenters. The summed E-state index contributed by atoms with van der Waals surface area (Å²) >= 11 is 6.04. The number of Topliss-reactive ketones (excluding diaryl/α,β-unsaturated/α-hetero) is 1. The van der Waals surface area contributed by atoms with Gasteiger partial charge in [0.15, 0.2) is 5.78 Å². The number of aromatic nitrogens is 1. The molecule has 1 aromatic heterocycles. The van der Waals surface area contributed by atoms with Gasteiger partial charge in [-0.3, -0.25) is 9.59 Å². The molecule has 0 aliphatic rings. The fourth-order valence-electron chi connectivity index (χ4n) is 2.50. The third-order valence-corrected chi connectivity index (χ3v) is 3.88. The molecule has 4 nitrogen and oxygen atoms in total. The number of amides is 1. The number of carbonyl (C=O) groups excluding carboxylic acids is 2. The molecule has 0 unspecified atom stereocenters. The minimum absolute atomic E-state index is 0.0173. The maximum Gasteiger partial charge on any atom is 0.242 e. The molecule has 112 valence electrons. The average molecular weight is 307 g/mol. The van der Waals surface area contributed by atoms with E-state index in [2.05, 4.69) is 0 Å². The van der Waals surface area contributed by atoms with Gasteiger partial charge < -0.3 is 9.47 Å². The van der Waals surface area contributed by atoms with Crippen molar-refractivity contribution in [3.8, 4) is 0 Å². The van der Waals surface area contributed by atoms with Gasteiger partial charge in [0, 0.05) is 35.3 Å². The lowest BCUT2D eigenvalue weighted by molar-refractivity contribution is -0.131. The highest BCUT2D eigenvalue weighted by Gasteiger charge is 2.16. The Labute approximate surface area is 129 Å². The van der Waals surface area contributed by atoms with E-state index in [4.69, 9.17) is 11.6 Å². The number of carbonyl (C=O) groups is 2. The van der Waals surface area contributed by atoms with E-state index in [9.17, 15) is 9.59 Å². The third kappa shape index (κ3) is 3.10. The van der Waals surface area contributed by atoms with Crippen LogP contribution in [0.25, 0.3) is 10.9 Å². The second-order valence-electron chi connectivity index (χ2n) is 4.95. The topological polar surface area (TPSA) is 42.3 Å². The number of ketones is 1. The first-order chi connectivity index (χ1) is 9.97. The maximum atomic E-state index is 12.3. The lowest BCUT2D eigenvalue weighted by atomic mass is 10.1. The SMILES string of the molecule is CCN(CC)C(=O)Cn1cc(C(C)=O)c2ccc(Cl)cc21. The van der Waals surface area contributed by atoms with E-state index in [1.807, 2.05) is 19.9 Å². The number of halogens is 1. The van der Waals surface area contributed by atoms with Crippen LogP contribution in [0.4, 0.5) is 0 Å². The number of nitrogens with zero attached hydrogens (tertiary/aromatic N) is 2. The van der Waals surface area contributed by atoms with Crippen molar-refractivity contribution in [2.45, 2.75) is 27.3 Å². The van der Waals surface area contributed by atoms with Crippen molar-refractivity contribution in [3.63, 3.8) is 0 Å². The standard InChI is InChI=1S/C16H19ClN2O2/c1-4-18(5-2)16(21)10-19-9-14(11(3)20)13-7-6-12(17)8-15(13)19/h6-9H,4-5,10H2,1-3H3. The van der Waals surface area contributed by atoms with E-state index < -0.39 is 0 Å². The van der Waals surface area contributed by atoms with Crippen molar-refractivity contribution in [1.82, 2.24) is 9.47 Å². The Morgan fingerprint density at radius 2 is 1.90 bits per heavy atom. The highest BCUT2D eigenvalue weighted by molar-refractivity contribution is 6.31. The smallest absolute Gasteiger partial charge is 0.242 e. The summed E-state index contributed by atoms with van der Waals surface area (Å²) in [5, 5.41) is 1.42. The van der Waals surface area contributed by atoms with Crippen LogP contribution < -0.4 is 0 Å². The number of likely N-dealkylation sites (N-methyl/N-ethyl adjacent to an activating group) is 1. The van der Waals surface area contributed by atoms with Crippen molar-refractivity contribution in [1.29, 1.82) is 0 Å². The predicted octanol–water partition coefficient (Wildman–Crippen LogP) is 3.37. The molecule has 1 amide bonds. The van der Waals surface area contributed by atoms with Crippen LogP contribution in [0.15, 0.2) is 24.4 Å². The van der Waals surface area contributed by atoms with Crippen molar-refractivity contribution in [2.24, 2.45) is 0 Å². The first-order valence-electron chi connectivity index (χ1n) is 7.05. The lowest BCUT2D eigenvalue weighted by Gasteiger charge is -2.19. The highest BCUT2D eigenvalue weighted by atomic mass is 35.5. The molecule has 0 saturated carbocycles. The summed E-state index contributed by atoms with van der Waals surface area (Å²) in [5.74, 6) is 0.0170. The normalized spacial score (nSPS) is 10.9. The average Bonchev–Trinajstić information content (AvgIpc) is 2.78. The first kappa shape index (κ1) is 15.6. The molecule has 0 aliphatic heterocycles. The molecular formula is C16H19ClN2O2. The minimum atomic E-state index is -0.0173. The van der Waals surface area contributed by atoms with Gasteiger partial charge in [0.05, 0.1) is 5.52 Å². The Kier molecular flexibility index (Phi) is 4.68. The minimum Gasteiger partial charge on any atom is -0.342 e. The molecule has 0 spiro atoms. The quantitative estimate of drug-likeness (QED) is 0.795. The van der Waals surface area contributed by atoms with Gasteiger partial charge in [0.25, 0.3) is 0 Å². The number of hydrogen-bond acceptors (Lipinski definition) is 2. The van der Waals surface area contributed by atoms with Gasteiger partial charge in [0.1, 0.15) is 6.54 Å². The van der Waals surface area contributed by atoms with Crippen LogP contribution in [0.5, 0.6) is 0 Å². The van der Waals surface area contributed by atoms with E-state index in [-0.39, 0.29) is 18.2 Å². The maximum absolute atomic E-state index is 12.3. The zero-order chi connectivity index (χ0) is 15.6. The zero-order valence-electron chi connectivity index (χ0n) is 12.5. The Morgan fingerprint density at radius 1 is 1.24 bits per heavy atom. The second kappa shape index (κ2) is 6.31. The molecule has 0 fully saturated rings. The lowest BCUT2D eigenvalue weighted by Crippen LogP contribution is -2.33. The molecule has 2 aromatic rings. The molecule has 0 bridgehead atoms. The summed E-state index contributed by atoms with van der Waals surface area (Å²) in [7, 11) is 0. The van der Waals surface area contributed by atoms with Gasteiger partial charge in [-0.1, -0.05) is 17.7 Å². The van der Waals surface area contributed by atoms with Crippen molar-refractivity contribution in [3.05, 3.63) is 35.0 Å². The van der Waals surface area contributed by atoms with Gasteiger partial charge in [-0.25, -0.2) is 0 Å². The van der Waals surface area contributed by atoms with Gasteiger partial charge in [-0.2, -0.15) is 0 Å². The van der Waals surface area contributed by atoms with Crippen molar-refractivity contribution >= 4 is 34.2 Å². The van der Waals surface area contributed by atoms with E-state index >= 15 is 0 Å². The fraction of sp³-hybridized carbons (Fsp3) is 0.375. The Balaban J connectivity index is 2.46. The molecular weight excluding hydrogens is 288 g/mol. The zero-order valence-corrected chi connectivity index (χ0v) is 13.3. The highest BCUT2D eigenvalue weighted by Crippen LogP contribution is 2.25. The van der Waals surface area contributed by atoms with Gasteiger partial charge in [-0.05, 0) is 32.9 Å². The summed E-state index contributed by atoms with van der Waals surface area (Å²) in [5.41, 5.74) is 1.43. The molecule has 0 N–H and O–H groups in total. The number of fused-ring (bicyclic) bond motifs is 1. The number of benzene rings is 1. The van der Waals surface area contributed by atoms with Crippen LogP contribution in [-0.2, 0) is 11.3 Å². The molecule has 0 radical (unpaired) electrons. The van der Waals surface area contributed by atoms with Crippen LogP contribution in [0.3, 0.4) is 0 Å². The molecule has 0 saturated heterocycles. The Bertz CT molecular complexity index is 687. The molecule has 5 heteroatoms. The van der Waals surface area contributed by atoms with Crippen LogP contribution in [0.1, 0.15) is 31.1 Å². The molecule has 0 aliphatic carbocycles. The molecule has 1 aromatic carbocycles. The molecule has 21 heavy (non-hydrogen) atoms. The van der Waals surface area contributed by atoms with Crippen molar-refractivity contribution in [2.75, 3.05) is 13.1 Å². The summed E-state index contributed by atoms with van der Waals surface area (Å²) < 4.78 is 1.80. The predicted molar refractivity (Wildman–Crippen MR) is 84.9 cm³/mol. The van der Waals surface area contributed by atoms with Gasteiger partial charge >= 0.3 is 0 Å². The number of rotatable bonds is 5. The van der Waals surface area contributed by atoms with Crippen LogP contribution in [0, 0.1) is 0 Å². The largest absolute Gasteiger partial charge is 0.342 e. The Hall–Kier alpha value is -1.81. The van der Waals surface area contributed by atoms with Crippen LogP contribution in [-0.4, -0.2) is 34.2 Å². The summed E-state index contributed by atoms with van der Waals surface area (Å²) in [6.07, 6.45) is 1.74. The second-order valence-corrected chi connectivity index (χ2v) is 5.39. The van der Waals surface area contributed by atoms with E-state index in [0.29, 0.717) is 23.7 Å². The van der Waals surface area contributed by atoms with E-state index in [1.54, 1.807) is 27.8 Å². The molecule has 2 rings (SSSR count). The van der Waals surface area contributed by atoms with E-state index in [0.717, 1.165) is 10.9 Å². The summed E-state index contributed by atoms with van der Waals surface area (Å²) in [6, 6.07) is 5.37. The Morgan fingerprint density at radius 3 is 2.48 bits per heavy atom. The molecule has 1 heterocycles.